The molecule has 0 atom stereocenters. The molecule has 0 fully saturated rings. The number of benzene rings is 6. The summed E-state index contributed by atoms with van der Waals surface area (Å²) in [5.74, 6) is 1.63. The quantitative estimate of drug-likeness (QED) is 0.193. The standard InChI is InChI=1S/C46H34N4O/c1-30-28-33(31-14-4-2-5-15-31)26-27-36(30)39-22-13-23-40(43(39)51)46-48-44(32-16-6-3-7-17-32)47-45(49-46)34-18-12-19-35(29-34)50-41-24-10-8-20-37(41)38-21-9-11-25-42(38)50/h2-10,12-24,26-29,51H,11,25H2,1H3. The molecular weight excluding hydrogens is 625 g/mol. The fourth-order valence-corrected chi connectivity index (χ4v) is 7.31. The van der Waals surface area contributed by atoms with Gasteiger partial charge in [0.05, 0.1) is 11.1 Å². The summed E-state index contributed by atoms with van der Waals surface area (Å²) in [6, 6.07) is 49.4. The Morgan fingerprint density at radius 3 is 2.02 bits per heavy atom. The van der Waals surface area contributed by atoms with Gasteiger partial charge in [0.25, 0.3) is 0 Å². The first-order chi connectivity index (χ1) is 25.1. The third kappa shape index (κ3) is 5.49. The van der Waals surface area contributed by atoms with E-state index in [1.54, 1.807) is 0 Å². The minimum absolute atomic E-state index is 0.136. The maximum Gasteiger partial charge on any atom is 0.167 e. The molecule has 1 aliphatic rings. The molecule has 9 rings (SSSR count). The summed E-state index contributed by atoms with van der Waals surface area (Å²) in [6.45, 7) is 2.08. The lowest BCUT2D eigenvalue weighted by atomic mass is 9.94. The van der Waals surface area contributed by atoms with E-state index in [0.717, 1.165) is 57.5 Å². The van der Waals surface area contributed by atoms with Crippen LogP contribution in [0, 0.1) is 6.92 Å². The molecule has 0 unspecified atom stereocenters. The Balaban J connectivity index is 1.18. The zero-order valence-electron chi connectivity index (χ0n) is 28.2. The van der Waals surface area contributed by atoms with E-state index in [9.17, 15) is 5.11 Å². The van der Waals surface area contributed by atoms with E-state index in [4.69, 9.17) is 15.0 Å². The second-order valence-electron chi connectivity index (χ2n) is 13.0. The van der Waals surface area contributed by atoms with Crippen LogP contribution in [0.15, 0.2) is 152 Å². The van der Waals surface area contributed by atoms with Crippen LogP contribution in [0.1, 0.15) is 23.2 Å². The lowest BCUT2D eigenvalue weighted by molar-refractivity contribution is 0.479. The van der Waals surface area contributed by atoms with Gasteiger partial charge in [-0.2, -0.15) is 0 Å². The number of rotatable bonds is 6. The fraction of sp³-hybridized carbons (Fsp3) is 0.0652. The normalized spacial score (nSPS) is 12.3. The lowest BCUT2D eigenvalue weighted by Crippen LogP contribution is -2.04. The van der Waals surface area contributed by atoms with Crippen molar-refractivity contribution in [2.45, 2.75) is 19.8 Å². The molecule has 0 bridgehead atoms. The number of aromatic nitrogens is 4. The van der Waals surface area contributed by atoms with Gasteiger partial charge in [-0.05, 0) is 66.3 Å². The van der Waals surface area contributed by atoms with Gasteiger partial charge in [-0.1, -0.05) is 133 Å². The lowest BCUT2D eigenvalue weighted by Gasteiger charge is -2.15. The van der Waals surface area contributed by atoms with Gasteiger partial charge in [-0.3, -0.25) is 0 Å². The van der Waals surface area contributed by atoms with Crippen LogP contribution >= 0.6 is 0 Å². The highest BCUT2D eigenvalue weighted by atomic mass is 16.3. The number of aryl methyl sites for hydroxylation is 1. The summed E-state index contributed by atoms with van der Waals surface area (Å²) in [5, 5.41) is 13.2. The Bertz CT molecular complexity index is 2600. The molecule has 244 valence electrons. The zero-order valence-corrected chi connectivity index (χ0v) is 28.2. The number of phenolic OH excluding ortho intramolecular Hbond substituents is 1. The SMILES string of the molecule is Cc1cc(-c2ccccc2)ccc1-c1cccc(-c2nc(-c3ccccc3)nc(-c3cccc(-n4c5c(c6ccccc64)C=CCC5)c3)n2)c1O. The van der Waals surface area contributed by atoms with Crippen LogP contribution in [0.4, 0.5) is 0 Å². The first kappa shape index (κ1) is 30.5. The smallest absolute Gasteiger partial charge is 0.167 e. The van der Waals surface area contributed by atoms with Gasteiger partial charge in [0.2, 0.25) is 0 Å². The van der Waals surface area contributed by atoms with E-state index < -0.39 is 0 Å². The van der Waals surface area contributed by atoms with E-state index in [0.29, 0.717) is 23.0 Å². The van der Waals surface area contributed by atoms with Crippen molar-refractivity contribution >= 4 is 17.0 Å². The van der Waals surface area contributed by atoms with Gasteiger partial charge in [0.1, 0.15) is 5.75 Å². The Labute approximate surface area is 296 Å². The van der Waals surface area contributed by atoms with Gasteiger partial charge >= 0.3 is 0 Å². The average Bonchev–Trinajstić information content (AvgIpc) is 3.53. The summed E-state index contributed by atoms with van der Waals surface area (Å²) >= 11 is 0. The van der Waals surface area contributed by atoms with Crippen molar-refractivity contribution in [3.63, 3.8) is 0 Å². The predicted octanol–water partition coefficient (Wildman–Crippen LogP) is 11.1. The van der Waals surface area contributed by atoms with Crippen molar-refractivity contribution in [2.24, 2.45) is 0 Å². The maximum absolute atomic E-state index is 11.9. The third-order valence-corrected chi connectivity index (χ3v) is 9.78. The first-order valence-electron chi connectivity index (χ1n) is 17.3. The topological polar surface area (TPSA) is 63.8 Å². The van der Waals surface area contributed by atoms with Gasteiger partial charge in [0, 0.05) is 39.0 Å². The van der Waals surface area contributed by atoms with Gasteiger partial charge < -0.3 is 9.67 Å². The molecule has 6 aromatic carbocycles. The summed E-state index contributed by atoms with van der Waals surface area (Å²) in [6.07, 6.45) is 6.51. The van der Waals surface area contributed by atoms with Crippen LogP contribution in [0.5, 0.6) is 5.75 Å². The molecule has 0 aliphatic heterocycles. The second-order valence-corrected chi connectivity index (χ2v) is 13.0. The van der Waals surface area contributed by atoms with Crippen molar-refractivity contribution in [1.29, 1.82) is 0 Å². The van der Waals surface area contributed by atoms with Gasteiger partial charge in [-0.25, -0.2) is 15.0 Å². The third-order valence-electron chi connectivity index (χ3n) is 9.78. The molecule has 5 nitrogen and oxygen atoms in total. The number of aromatic hydroxyl groups is 1. The molecule has 2 aromatic heterocycles. The summed E-state index contributed by atoms with van der Waals surface area (Å²) in [4.78, 5) is 15.0. The Kier molecular flexibility index (Phi) is 7.59. The number of hydrogen-bond donors (Lipinski definition) is 1. The number of fused-ring (bicyclic) bond motifs is 3. The zero-order chi connectivity index (χ0) is 34.3. The van der Waals surface area contributed by atoms with Crippen LogP contribution < -0.4 is 0 Å². The Morgan fingerprint density at radius 2 is 1.22 bits per heavy atom. The molecule has 5 heteroatoms. The Morgan fingerprint density at radius 1 is 0.549 bits per heavy atom. The first-order valence-corrected chi connectivity index (χ1v) is 17.3. The molecule has 1 N–H and O–H groups in total. The minimum atomic E-state index is 0.136. The molecule has 0 radical (unpaired) electrons. The number of nitrogens with zero attached hydrogens (tertiary/aromatic N) is 4. The molecule has 51 heavy (non-hydrogen) atoms. The van der Waals surface area contributed by atoms with Crippen molar-refractivity contribution in [3.8, 4) is 67.9 Å². The van der Waals surface area contributed by atoms with Crippen LogP contribution in [0.2, 0.25) is 0 Å². The summed E-state index contributed by atoms with van der Waals surface area (Å²) < 4.78 is 2.37. The van der Waals surface area contributed by atoms with E-state index in [-0.39, 0.29) is 5.75 Å². The van der Waals surface area contributed by atoms with E-state index >= 15 is 0 Å². The molecule has 0 amide bonds. The Hall–Kier alpha value is -6.59. The van der Waals surface area contributed by atoms with Crippen LogP contribution in [0.3, 0.4) is 0 Å². The minimum Gasteiger partial charge on any atom is -0.507 e. The van der Waals surface area contributed by atoms with Gasteiger partial charge in [-0.15, -0.1) is 0 Å². The van der Waals surface area contributed by atoms with E-state index in [2.05, 4.69) is 96.4 Å². The summed E-state index contributed by atoms with van der Waals surface area (Å²) in [7, 11) is 0. The van der Waals surface area contributed by atoms with E-state index in [1.807, 2.05) is 72.8 Å². The second kappa shape index (κ2) is 12.7. The molecule has 1 aliphatic carbocycles. The highest BCUT2D eigenvalue weighted by Crippen LogP contribution is 2.40. The molecule has 0 saturated heterocycles. The van der Waals surface area contributed by atoms with Crippen molar-refractivity contribution in [3.05, 3.63) is 168 Å². The van der Waals surface area contributed by atoms with Crippen LogP contribution in [-0.2, 0) is 6.42 Å². The molecule has 2 heterocycles. The fourth-order valence-electron chi connectivity index (χ4n) is 7.31. The van der Waals surface area contributed by atoms with Crippen molar-refractivity contribution in [2.75, 3.05) is 0 Å². The monoisotopic (exact) mass is 658 g/mol. The number of hydrogen-bond acceptors (Lipinski definition) is 4. The number of allylic oxidation sites excluding steroid dienone is 1. The largest absolute Gasteiger partial charge is 0.507 e. The molecule has 0 spiro atoms. The van der Waals surface area contributed by atoms with E-state index in [1.165, 1.54) is 22.2 Å². The van der Waals surface area contributed by atoms with Gasteiger partial charge in [0.15, 0.2) is 17.5 Å². The van der Waals surface area contributed by atoms with Crippen molar-refractivity contribution < 1.29 is 5.11 Å². The molecule has 0 saturated carbocycles. The highest BCUT2D eigenvalue weighted by molar-refractivity contribution is 5.93. The maximum atomic E-state index is 11.9. The molecule has 8 aromatic rings. The predicted molar refractivity (Wildman–Crippen MR) is 208 cm³/mol. The van der Waals surface area contributed by atoms with Crippen molar-refractivity contribution in [1.82, 2.24) is 19.5 Å². The molecular formula is C46H34N4O. The van der Waals surface area contributed by atoms with Crippen LogP contribution in [-0.4, -0.2) is 24.6 Å². The van der Waals surface area contributed by atoms with Crippen LogP contribution in [0.25, 0.3) is 79.1 Å². The average molecular weight is 659 g/mol. The summed E-state index contributed by atoms with van der Waals surface area (Å²) in [5.41, 5.74) is 12.2. The highest BCUT2D eigenvalue weighted by Gasteiger charge is 2.21. The number of phenols is 1. The number of para-hydroxylation sites is 2.